The third kappa shape index (κ3) is 3.92. The molecule has 2 rings (SSSR count). The van der Waals surface area contributed by atoms with E-state index in [-0.39, 0.29) is 5.15 Å². The molecule has 2 heterocycles. The molecule has 0 radical (unpaired) electrons. The van der Waals surface area contributed by atoms with E-state index < -0.39 is 0 Å². The van der Waals surface area contributed by atoms with Gasteiger partial charge in [0.15, 0.2) is 0 Å². The number of pyridine rings is 1. The van der Waals surface area contributed by atoms with Crippen molar-refractivity contribution in [3.8, 4) is 12.1 Å². The van der Waals surface area contributed by atoms with Crippen molar-refractivity contribution in [1.82, 2.24) is 9.88 Å². The van der Waals surface area contributed by atoms with Gasteiger partial charge in [-0.1, -0.05) is 18.5 Å². The second-order valence-electron chi connectivity index (χ2n) is 5.41. The van der Waals surface area contributed by atoms with Crippen molar-refractivity contribution in [3.05, 3.63) is 21.8 Å². The highest BCUT2D eigenvalue weighted by atomic mass is 35.5. The Labute approximate surface area is 141 Å². The summed E-state index contributed by atoms with van der Waals surface area (Å²) in [6.07, 6.45) is 0.568. The van der Waals surface area contributed by atoms with Crippen LogP contribution in [0.3, 0.4) is 0 Å². The number of anilines is 1. The SMILES string of the molecule is CCc1c(C#N)c(Cl)nc(N(C)CCN2CCOCC2)c1C#N. The zero-order valence-corrected chi connectivity index (χ0v) is 14.2. The van der Waals surface area contributed by atoms with Gasteiger partial charge in [0.25, 0.3) is 0 Å². The number of hydrogen-bond acceptors (Lipinski definition) is 6. The van der Waals surface area contributed by atoms with Crippen molar-refractivity contribution in [2.75, 3.05) is 51.3 Å². The molecule has 1 saturated heterocycles. The van der Waals surface area contributed by atoms with Crippen LogP contribution in [0.1, 0.15) is 23.6 Å². The van der Waals surface area contributed by atoms with Gasteiger partial charge in [-0.2, -0.15) is 10.5 Å². The normalized spacial score (nSPS) is 15.0. The van der Waals surface area contributed by atoms with Crippen molar-refractivity contribution in [1.29, 1.82) is 10.5 Å². The standard InChI is InChI=1S/C16H20ClN5O/c1-3-12-13(10-18)15(17)20-16(14(12)11-19)21(2)4-5-22-6-8-23-9-7-22/h3-9H2,1-2H3. The molecule has 0 saturated carbocycles. The lowest BCUT2D eigenvalue weighted by Crippen LogP contribution is -2.41. The smallest absolute Gasteiger partial charge is 0.149 e. The summed E-state index contributed by atoms with van der Waals surface area (Å²) in [5.41, 5.74) is 1.41. The van der Waals surface area contributed by atoms with Crippen LogP contribution < -0.4 is 4.90 Å². The molecule has 1 aromatic rings. The molecule has 0 atom stereocenters. The minimum Gasteiger partial charge on any atom is -0.379 e. The lowest BCUT2D eigenvalue weighted by atomic mass is 10.0. The highest BCUT2D eigenvalue weighted by molar-refractivity contribution is 6.30. The fraction of sp³-hybridized carbons (Fsp3) is 0.562. The molecule has 1 aliphatic heterocycles. The number of rotatable bonds is 5. The Hall–Kier alpha value is -1.86. The highest BCUT2D eigenvalue weighted by Crippen LogP contribution is 2.28. The second-order valence-corrected chi connectivity index (χ2v) is 5.77. The third-order valence-electron chi connectivity index (χ3n) is 4.03. The lowest BCUT2D eigenvalue weighted by molar-refractivity contribution is 0.0392. The van der Waals surface area contributed by atoms with E-state index in [1.165, 1.54) is 0 Å². The van der Waals surface area contributed by atoms with Gasteiger partial charge < -0.3 is 9.64 Å². The summed E-state index contributed by atoms with van der Waals surface area (Å²) in [7, 11) is 1.89. The van der Waals surface area contributed by atoms with E-state index in [1.54, 1.807) is 0 Å². The van der Waals surface area contributed by atoms with Gasteiger partial charge >= 0.3 is 0 Å². The van der Waals surface area contributed by atoms with E-state index in [9.17, 15) is 10.5 Å². The molecule has 7 heteroatoms. The Morgan fingerprint density at radius 1 is 1.26 bits per heavy atom. The van der Waals surface area contributed by atoms with Crippen LogP contribution in [0.25, 0.3) is 0 Å². The number of halogens is 1. The maximum atomic E-state index is 9.51. The number of hydrogen-bond donors (Lipinski definition) is 0. The average Bonchev–Trinajstić information content (AvgIpc) is 2.59. The number of aromatic nitrogens is 1. The van der Waals surface area contributed by atoms with Gasteiger partial charge in [0.1, 0.15) is 23.1 Å². The van der Waals surface area contributed by atoms with Crippen molar-refractivity contribution in [2.24, 2.45) is 0 Å². The number of nitriles is 2. The first-order valence-electron chi connectivity index (χ1n) is 7.66. The first kappa shape index (κ1) is 17.5. The molecule has 0 bridgehead atoms. The third-order valence-corrected chi connectivity index (χ3v) is 4.31. The maximum absolute atomic E-state index is 9.51. The van der Waals surface area contributed by atoms with Gasteiger partial charge in [-0.3, -0.25) is 4.90 Å². The Morgan fingerprint density at radius 3 is 2.48 bits per heavy atom. The summed E-state index contributed by atoms with van der Waals surface area (Å²) in [5.74, 6) is 0.543. The van der Waals surface area contributed by atoms with Gasteiger partial charge in [-0.15, -0.1) is 0 Å². The van der Waals surface area contributed by atoms with Crippen LogP contribution in [0.5, 0.6) is 0 Å². The Morgan fingerprint density at radius 2 is 1.91 bits per heavy atom. The van der Waals surface area contributed by atoms with E-state index in [0.29, 0.717) is 28.9 Å². The number of nitrogens with zero attached hydrogens (tertiary/aromatic N) is 5. The fourth-order valence-corrected chi connectivity index (χ4v) is 2.91. The van der Waals surface area contributed by atoms with E-state index in [4.69, 9.17) is 16.3 Å². The van der Waals surface area contributed by atoms with Crippen LogP contribution >= 0.6 is 11.6 Å². The molecule has 0 spiro atoms. The van der Waals surface area contributed by atoms with E-state index in [2.05, 4.69) is 22.0 Å². The average molecular weight is 334 g/mol. The quantitative estimate of drug-likeness (QED) is 0.765. The highest BCUT2D eigenvalue weighted by Gasteiger charge is 2.20. The van der Waals surface area contributed by atoms with E-state index in [1.807, 2.05) is 18.9 Å². The first-order chi connectivity index (χ1) is 11.1. The molecule has 23 heavy (non-hydrogen) atoms. The summed E-state index contributed by atoms with van der Waals surface area (Å²) >= 11 is 6.14. The van der Waals surface area contributed by atoms with Crippen molar-refractivity contribution < 1.29 is 4.74 Å². The Bertz CT molecular complexity index is 643. The van der Waals surface area contributed by atoms with Crippen molar-refractivity contribution >= 4 is 17.4 Å². The summed E-state index contributed by atoms with van der Waals surface area (Å²) < 4.78 is 5.34. The molecule has 0 aliphatic carbocycles. The molecular weight excluding hydrogens is 314 g/mol. The zero-order chi connectivity index (χ0) is 16.8. The zero-order valence-electron chi connectivity index (χ0n) is 13.5. The molecule has 0 unspecified atom stereocenters. The summed E-state index contributed by atoms with van der Waals surface area (Å²) in [5, 5.41) is 18.9. The largest absolute Gasteiger partial charge is 0.379 e. The Balaban J connectivity index is 2.22. The summed E-state index contributed by atoms with van der Waals surface area (Å²) in [6.45, 7) is 6.85. The molecular formula is C16H20ClN5O. The van der Waals surface area contributed by atoms with Crippen LogP contribution in [0.4, 0.5) is 5.82 Å². The maximum Gasteiger partial charge on any atom is 0.149 e. The molecule has 122 valence electrons. The lowest BCUT2D eigenvalue weighted by Gasteiger charge is -2.29. The molecule has 1 fully saturated rings. The van der Waals surface area contributed by atoms with Crippen LogP contribution in [-0.4, -0.2) is 56.3 Å². The van der Waals surface area contributed by atoms with Crippen LogP contribution in [-0.2, 0) is 11.2 Å². The molecule has 0 amide bonds. The minimum absolute atomic E-state index is 0.163. The Kier molecular flexibility index (Phi) is 6.18. The van der Waals surface area contributed by atoms with Gasteiger partial charge in [0.2, 0.25) is 0 Å². The predicted molar refractivity (Wildman–Crippen MR) is 88.6 cm³/mol. The van der Waals surface area contributed by atoms with Crippen LogP contribution in [0.15, 0.2) is 0 Å². The van der Waals surface area contributed by atoms with Gasteiger partial charge in [-0.05, 0) is 12.0 Å². The number of ether oxygens (including phenoxy) is 1. The number of morpholine rings is 1. The van der Waals surface area contributed by atoms with Gasteiger partial charge in [0, 0.05) is 33.2 Å². The summed E-state index contributed by atoms with van der Waals surface area (Å²) in [6, 6.07) is 4.24. The minimum atomic E-state index is 0.163. The molecule has 1 aliphatic rings. The van der Waals surface area contributed by atoms with Crippen LogP contribution in [0, 0.1) is 22.7 Å². The van der Waals surface area contributed by atoms with Gasteiger partial charge in [0.05, 0.1) is 24.3 Å². The van der Waals surface area contributed by atoms with Crippen molar-refractivity contribution in [2.45, 2.75) is 13.3 Å². The topological polar surface area (TPSA) is 76.2 Å². The molecule has 1 aromatic heterocycles. The molecule has 0 aromatic carbocycles. The first-order valence-corrected chi connectivity index (χ1v) is 8.04. The van der Waals surface area contributed by atoms with Crippen LogP contribution in [0.2, 0.25) is 5.15 Å². The predicted octanol–water partition coefficient (Wildman–Crippen LogP) is 1.81. The van der Waals surface area contributed by atoms with E-state index >= 15 is 0 Å². The molecule has 0 N–H and O–H groups in total. The second kappa shape index (κ2) is 8.12. The fourth-order valence-electron chi connectivity index (χ4n) is 2.67. The van der Waals surface area contributed by atoms with E-state index in [0.717, 1.165) is 39.4 Å². The monoisotopic (exact) mass is 333 g/mol. The summed E-state index contributed by atoms with van der Waals surface area (Å²) in [4.78, 5) is 8.54. The van der Waals surface area contributed by atoms with Crippen molar-refractivity contribution in [3.63, 3.8) is 0 Å². The van der Waals surface area contributed by atoms with Gasteiger partial charge in [-0.25, -0.2) is 4.98 Å². The molecule has 6 nitrogen and oxygen atoms in total. The number of likely N-dealkylation sites (N-methyl/N-ethyl adjacent to an activating group) is 1.